The van der Waals surface area contributed by atoms with E-state index in [4.69, 9.17) is 9.84 Å². The van der Waals surface area contributed by atoms with Gasteiger partial charge in [0.15, 0.2) is 0 Å². The first-order valence-electron chi connectivity index (χ1n) is 8.22. The summed E-state index contributed by atoms with van der Waals surface area (Å²) in [5.74, 6) is -1.84. The fourth-order valence-corrected chi connectivity index (χ4v) is 2.90. The molecule has 1 atom stereocenters. The zero-order chi connectivity index (χ0) is 18.8. The first-order valence-corrected chi connectivity index (χ1v) is 8.22. The van der Waals surface area contributed by atoms with Gasteiger partial charge in [0, 0.05) is 17.3 Å². The lowest BCUT2D eigenvalue weighted by atomic mass is 9.71. The molecule has 25 heavy (non-hydrogen) atoms. The second-order valence-electron chi connectivity index (χ2n) is 7.70. The van der Waals surface area contributed by atoms with E-state index in [1.165, 1.54) is 0 Å². The van der Waals surface area contributed by atoms with Crippen LogP contribution < -0.4 is 0 Å². The standard InChI is InChI=1S/C20H25NO4/c1-19(2,3)25-18(24)16(15-7-6-12-21-15)20(4,5)14-10-8-13(9-11-14)17(22)23/h6-12,16,21H,1-5H3,(H,22,23). The van der Waals surface area contributed by atoms with Crippen molar-refractivity contribution in [2.24, 2.45) is 0 Å². The summed E-state index contributed by atoms with van der Waals surface area (Å²) < 4.78 is 5.64. The SMILES string of the molecule is CC(C)(C)OC(=O)C(c1ccc[nH]1)C(C)(C)c1ccc(C(=O)O)cc1. The Morgan fingerprint density at radius 1 is 1.04 bits per heavy atom. The predicted octanol–water partition coefficient (Wildman–Crippen LogP) is 4.12. The van der Waals surface area contributed by atoms with E-state index >= 15 is 0 Å². The lowest BCUT2D eigenvalue weighted by Crippen LogP contribution is -2.37. The van der Waals surface area contributed by atoms with E-state index in [9.17, 15) is 9.59 Å². The number of aromatic amines is 1. The number of nitrogens with one attached hydrogen (secondary N) is 1. The number of esters is 1. The largest absolute Gasteiger partial charge is 0.478 e. The Kier molecular flexibility index (Phi) is 5.07. The summed E-state index contributed by atoms with van der Waals surface area (Å²) in [5, 5.41) is 9.07. The van der Waals surface area contributed by atoms with Crippen LogP contribution in [0.1, 0.15) is 62.2 Å². The number of benzene rings is 1. The van der Waals surface area contributed by atoms with Crippen molar-refractivity contribution >= 4 is 11.9 Å². The number of ether oxygens (including phenoxy) is 1. The van der Waals surface area contributed by atoms with Crippen molar-refractivity contribution < 1.29 is 19.4 Å². The van der Waals surface area contributed by atoms with Crippen LogP contribution in [-0.2, 0) is 14.9 Å². The molecular weight excluding hydrogens is 318 g/mol. The average Bonchev–Trinajstić information content (AvgIpc) is 2.99. The van der Waals surface area contributed by atoms with Gasteiger partial charge >= 0.3 is 11.9 Å². The Bertz CT molecular complexity index is 737. The predicted molar refractivity (Wildman–Crippen MR) is 95.8 cm³/mol. The normalized spacial score (nSPS) is 13.3. The van der Waals surface area contributed by atoms with Gasteiger partial charge < -0.3 is 14.8 Å². The van der Waals surface area contributed by atoms with Crippen molar-refractivity contribution in [3.8, 4) is 0 Å². The van der Waals surface area contributed by atoms with Gasteiger partial charge in [-0.1, -0.05) is 26.0 Å². The number of carbonyl (C=O) groups is 2. The zero-order valence-electron chi connectivity index (χ0n) is 15.3. The molecule has 0 spiro atoms. The lowest BCUT2D eigenvalue weighted by molar-refractivity contribution is -0.158. The van der Waals surface area contributed by atoms with Crippen LogP contribution in [0.15, 0.2) is 42.6 Å². The van der Waals surface area contributed by atoms with Crippen LogP contribution >= 0.6 is 0 Å². The summed E-state index contributed by atoms with van der Waals surface area (Å²) in [6.45, 7) is 9.43. The Hall–Kier alpha value is -2.56. The highest BCUT2D eigenvalue weighted by molar-refractivity contribution is 5.87. The number of carbonyl (C=O) groups excluding carboxylic acids is 1. The van der Waals surface area contributed by atoms with Crippen LogP contribution in [0.4, 0.5) is 0 Å². The number of hydrogen-bond acceptors (Lipinski definition) is 3. The van der Waals surface area contributed by atoms with Crippen LogP contribution in [0, 0.1) is 0 Å². The molecule has 0 bridgehead atoms. The van der Waals surface area contributed by atoms with E-state index < -0.39 is 22.9 Å². The second-order valence-corrected chi connectivity index (χ2v) is 7.70. The van der Waals surface area contributed by atoms with Crippen LogP contribution in [-0.4, -0.2) is 27.6 Å². The Morgan fingerprint density at radius 3 is 2.08 bits per heavy atom. The molecule has 2 N–H and O–H groups in total. The third kappa shape index (κ3) is 4.29. The van der Waals surface area contributed by atoms with Gasteiger partial charge in [-0.25, -0.2) is 4.79 Å². The summed E-state index contributed by atoms with van der Waals surface area (Å²) in [4.78, 5) is 27.1. The summed E-state index contributed by atoms with van der Waals surface area (Å²) in [6, 6.07) is 10.3. The van der Waals surface area contributed by atoms with E-state index in [0.717, 1.165) is 11.3 Å². The molecule has 134 valence electrons. The molecule has 0 amide bonds. The Morgan fingerprint density at radius 2 is 1.64 bits per heavy atom. The zero-order valence-corrected chi connectivity index (χ0v) is 15.3. The molecule has 0 aliphatic heterocycles. The maximum absolute atomic E-state index is 12.9. The highest BCUT2D eigenvalue weighted by atomic mass is 16.6. The maximum atomic E-state index is 12.9. The number of rotatable bonds is 5. The molecule has 0 radical (unpaired) electrons. The number of aromatic nitrogens is 1. The third-order valence-corrected chi connectivity index (χ3v) is 4.17. The van der Waals surface area contributed by atoms with E-state index in [0.29, 0.717) is 0 Å². The smallest absolute Gasteiger partial charge is 0.335 e. The molecule has 0 aliphatic rings. The topological polar surface area (TPSA) is 79.4 Å². The van der Waals surface area contributed by atoms with Gasteiger partial charge in [0.05, 0.1) is 5.56 Å². The van der Waals surface area contributed by atoms with Gasteiger partial charge in [0.1, 0.15) is 11.5 Å². The molecule has 0 saturated heterocycles. The highest BCUT2D eigenvalue weighted by Crippen LogP contribution is 2.39. The van der Waals surface area contributed by atoms with Gasteiger partial charge in [0.2, 0.25) is 0 Å². The van der Waals surface area contributed by atoms with Gasteiger partial charge in [-0.2, -0.15) is 0 Å². The molecule has 5 nitrogen and oxygen atoms in total. The van der Waals surface area contributed by atoms with Gasteiger partial charge in [-0.15, -0.1) is 0 Å². The van der Waals surface area contributed by atoms with Crippen molar-refractivity contribution in [1.29, 1.82) is 0 Å². The Labute approximate surface area is 148 Å². The van der Waals surface area contributed by atoms with Crippen molar-refractivity contribution in [3.05, 3.63) is 59.4 Å². The fourth-order valence-electron chi connectivity index (χ4n) is 2.90. The molecular formula is C20H25NO4. The summed E-state index contributed by atoms with van der Waals surface area (Å²) in [5.41, 5.74) is 0.660. The first kappa shape index (κ1) is 18.8. The molecule has 0 aliphatic carbocycles. The van der Waals surface area contributed by atoms with E-state index in [1.807, 2.05) is 46.8 Å². The number of hydrogen-bond donors (Lipinski definition) is 2. The Balaban J connectivity index is 2.44. The van der Waals surface area contributed by atoms with Crippen LogP contribution in [0.3, 0.4) is 0 Å². The van der Waals surface area contributed by atoms with Crippen molar-refractivity contribution in [2.45, 2.75) is 51.6 Å². The molecule has 0 fully saturated rings. The van der Waals surface area contributed by atoms with Crippen LogP contribution in [0.5, 0.6) is 0 Å². The number of carboxylic acids is 1. The van der Waals surface area contributed by atoms with E-state index in [1.54, 1.807) is 30.5 Å². The molecule has 2 aromatic rings. The summed E-state index contributed by atoms with van der Waals surface area (Å²) >= 11 is 0. The van der Waals surface area contributed by atoms with Crippen LogP contribution in [0.2, 0.25) is 0 Å². The molecule has 1 unspecified atom stereocenters. The van der Waals surface area contributed by atoms with Gasteiger partial charge in [-0.3, -0.25) is 4.79 Å². The molecule has 1 aromatic carbocycles. The first-order chi connectivity index (χ1) is 11.5. The number of H-pyrrole nitrogens is 1. The van der Waals surface area contributed by atoms with Crippen molar-refractivity contribution in [2.75, 3.05) is 0 Å². The minimum absolute atomic E-state index is 0.216. The minimum Gasteiger partial charge on any atom is -0.478 e. The second kappa shape index (κ2) is 6.75. The average molecular weight is 343 g/mol. The van der Waals surface area contributed by atoms with Gasteiger partial charge in [-0.05, 0) is 50.6 Å². The lowest BCUT2D eigenvalue weighted by Gasteiger charge is -2.35. The van der Waals surface area contributed by atoms with E-state index in [-0.39, 0.29) is 11.5 Å². The quantitative estimate of drug-likeness (QED) is 0.801. The maximum Gasteiger partial charge on any atom is 0.335 e. The van der Waals surface area contributed by atoms with Crippen molar-refractivity contribution in [3.63, 3.8) is 0 Å². The molecule has 0 saturated carbocycles. The minimum atomic E-state index is -0.975. The van der Waals surface area contributed by atoms with Crippen LogP contribution in [0.25, 0.3) is 0 Å². The summed E-state index contributed by atoms with van der Waals surface area (Å²) in [7, 11) is 0. The number of aromatic carboxylic acids is 1. The number of carboxylic acid groups (broad SMARTS) is 1. The summed E-state index contributed by atoms with van der Waals surface area (Å²) in [6.07, 6.45) is 1.77. The third-order valence-electron chi connectivity index (χ3n) is 4.17. The molecule has 1 aromatic heterocycles. The molecule has 2 rings (SSSR count). The highest BCUT2D eigenvalue weighted by Gasteiger charge is 2.41. The monoisotopic (exact) mass is 343 g/mol. The van der Waals surface area contributed by atoms with E-state index in [2.05, 4.69) is 4.98 Å². The van der Waals surface area contributed by atoms with Crippen molar-refractivity contribution in [1.82, 2.24) is 4.98 Å². The molecule has 1 heterocycles. The van der Waals surface area contributed by atoms with Gasteiger partial charge in [0.25, 0.3) is 0 Å². The molecule has 5 heteroatoms. The fraction of sp³-hybridized carbons (Fsp3) is 0.400.